The van der Waals surface area contributed by atoms with E-state index in [9.17, 15) is 18.3 Å². The number of nitrogens with one attached hydrogen (secondary N) is 1. The van der Waals surface area contributed by atoms with Crippen LogP contribution in [0.25, 0.3) is 11.4 Å². The first kappa shape index (κ1) is 18.8. The molecule has 2 atom stereocenters. The third-order valence-corrected chi connectivity index (χ3v) is 4.77. The summed E-state index contributed by atoms with van der Waals surface area (Å²) < 4.78 is 37.9. The van der Waals surface area contributed by atoms with Crippen LogP contribution in [-0.2, 0) is 12.7 Å². The minimum atomic E-state index is -4.35. The van der Waals surface area contributed by atoms with E-state index in [2.05, 4.69) is 15.3 Å². The Bertz CT molecular complexity index is 719. The Balaban J connectivity index is 1.61. The second kappa shape index (κ2) is 8.14. The van der Waals surface area contributed by atoms with Crippen molar-refractivity contribution in [3.8, 4) is 11.4 Å². The van der Waals surface area contributed by atoms with E-state index in [1.807, 2.05) is 0 Å². The fraction of sp³-hybridized carbons (Fsp3) is 0.474. The molecule has 2 aromatic rings. The first-order valence-corrected chi connectivity index (χ1v) is 8.82. The molecular weight excluding hydrogens is 343 g/mol. The van der Waals surface area contributed by atoms with Gasteiger partial charge in [-0.05, 0) is 37.0 Å². The van der Waals surface area contributed by atoms with Crippen LogP contribution in [0.1, 0.15) is 36.9 Å². The highest BCUT2D eigenvalue weighted by atomic mass is 19.4. The molecule has 0 bridgehead atoms. The van der Waals surface area contributed by atoms with Gasteiger partial charge in [0, 0.05) is 24.8 Å². The molecule has 3 rings (SSSR count). The highest BCUT2D eigenvalue weighted by molar-refractivity contribution is 5.55. The van der Waals surface area contributed by atoms with Gasteiger partial charge < -0.3 is 10.4 Å². The van der Waals surface area contributed by atoms with Crippen LogP contribution in [0.3, 0.4) is 0 Å². The van der Waals surface area contributed by atoms with Gasteiger partial charge in [-0.2, -0.15) is 13.2 Å². The Labute approximate surface area is 150 Å². The zero-order valence-electron chi connectivity index (χ0n) is 14.3. The maximum atomic E-state index is 12.6. The molecule has 4 nitrogen and oxygen atoms in total. The lowest BCUT2D eigenvalue weighted by molar-refractivity contribution is -0.137. The van der Waals surface area contributed by atoms with Crippen LogP contribution >= 0.6 is 0 Å². The molecule has 1 fully saturated rings. The zero-order valence-corrected chi connectivity index (χ0v) is 14.3. The van der Waals surface area contributed by atoms with Gasteiger partial charge in [-0.15, -0.1) is 0 Å². The van der Waals surface area contributed by atoms with E-state index in [0.29, 0.717) is 17.9 Å². The second-order valence-corrected chi connectivity index (χ2v) is 6.69. The molecule has 1 aromatic heterocycles. The molecule has 7 heteroatoms. The van der Waals surface area contributed by atoms with Crippen molar-refractivity contribution < 1.29 is 18.3 Å². The van der Waals surface area contributed by atoms with Crippen LogP contribution in [0, 0.1) is 5.92 Å². The van der Waals surface area contributed by atoms with Crippen LogP contribution in [0.5, 0.6) is 0 Å². The largest absolute Gasteiger partial charge is 0.416 e. The first-order chi connectivity index (χ1) is 12.4. The molecule has 0 unspecified atom stereocenters. The van der Waals surface area contributed by atoms with Crippen molar-refractivity contribution in [2.75, 3.05) is 6.54 Å². The Kier molecular flexibility index (Phi) is 5.88. The van der Waals surface area contributed by atoms with Gasteiger partial charge in [0.2, 0.25) is 0 Å². The highest BCUT2D eigenvalue weighted by Crippen LogP contribution is 2.30. The van der Waals surface area contributed by atoms with Gasteiger partial charge in [0.05, 0.1) is 17.4 Å². The average Bonchev–Trinajstić information content (AvgIpc) is 2.63. The topological polar surface area (TPSA) is 58.0 Å². The maximum absolute atomic E-state index is 12.6. The molecule has 1 aliphatic rings. The van der Waals surface area contributed by atoms with E-state index in [-0.39, 0.29) is 12.0 Å². The predicted octanol–water partition coefficient (Wildman–Crippen LogP) is 3.80. The third kappa shape index (κ3) is 4.80. The lowest BCUT2D eigenvalue weighted by atomic mass is 9.86. The van der Waals surface area contributed by atoms with Crippen molar-refractivity contribution in [3.05, 3.63) is 47.8 Å². The molecule has 0 amide bonds. The summed E-state index contributed by atoms with van der Waals surface area (Å²) in [4.78, 5) is 8.57. The minimum absolute atomic E-state index is 0.246. The fourth-order valence-electron chi connectivity index (χ4n) is 3.25. The molecule has 26 heavy (non-hydrogen) atoms. The standard InChI is InChI=1S/C19H22F3N3O/c20-19(21,22)15-7-5-13(6-8-15)18-24-10-9-16(25-18)12-23-11-14-3-1-2-4-17(14)26/h5-10,14,17,23,26H,1-4,11-12H2/t14-,17+/m1/s1. The van der Waals surface area contributed by atoms with Gasteiger partial charge in [-0.1, -0.05) is 25.0 Å². The smallest absolute Gasteiger partial charge is 0.393 e. The van der Waals surface area contributed by atoms with E-state index in [1.165, 1.54) is 12.1 Å². The summed E-state index contributed by atoms with van der Waals surface area (Å²) in [5.74, 6) is 0.663. The molecule has 0 spiro atoms. The monoisotopic (exact) mass is 365 g/mol. The molecule has 1 saturated carbocycles. The van der Waals surface area contributed by atoms with Crippen LogP contribution in [0.15, 0.2) is 36.5 Å². The lowest BCUT2D eigenvalue weighted by Gasteiger charge is -2.27. The van der Waals surface area contributed by atoms with Crippen molar-refractivity contribution >= 4 is 0 Å². The Hall–Kier alpha value is -1.99. The Morgan fingerprint density at radius 1 is 1.08 bits per heavy atom. The van der Waals surface area contributed by atoms with Crippen LogP contribution in [-0.4, -0.2) is 27.7 Å². The van der Waals surface area contributed by atoms with Gasteiger partial charge in [0.1, 0.15) is 0 Å². The summed E-state index contributed by atoms with van der Waals surface area (Å²) in [5, 5.41) is 13.3. The van der Waals surface area contributed by atoms with Crippen molar-refractivity contribution in [2.45, 2.75) is 44.5 Å². The minimum Gasteiger partial charge on any atom is -0.393 e. The summed E-state index contributed by atoms with van der Waals surface area (Å²) >= 11 is 0. The number of halogens is 3. The highest BCUT2D eigenvalue weighted by Gasteiger charge is 2.30. The van der Waals surface area contributed by atoms with Crippen molar-refractivity contribution in [3.63, 3.8) is 0 Å². The molecular formula is C19H22F3N3O. The SMILES string of the molecule is O[C@H]1CCCC[C@@H]1CNCc1ccnc(-c2ccc(C(F)(F)F)cc2)n1. The van der Waals surface area contributed by atoms with E-state index < -0.39 is 11.7 Å². The van der Waals surface area contributed by atoms with Crippen LogP contribution in [0.2, 0.25) is 0 Å². The van der Waals surface area contributed by atoms with E-state index in [1.54, 1.807) is 12.3 Å². The normalized spacial score (nSPS) is 20.9. The number of aliphatic hydroxyl groups is 1. The summed E-state index contributed by atoms with van der Waals surface area (Å²) in [6.07, 6.45) is 1.12. The fourth-order valence-corrected chi connectivity index (χ4v) is 3.25. The predicted molar refractivity (Wildman–Crippen MR) is 92.1 cm³/mol. The summed E-state index contributed by atoms with van der Waals surface area (Å²) in [6.45, 7) is 1.25. The van der Waals surface area contributed by atoms with Crippen molar-refractivity contribution in [1.29, 1.82) is 0 Å². The second-order valence-electron chi connectivity index (χ2n) is 6.69. The molecule has 0 aliphatic heterocycles. The maximum Gasteiger partial charge on any atom is 0.416 e. The van der Waals surface area contributed by atoms with E-state index >= 15 is 0 Å². The van der Waals surface area contributed by atoms with E-state index in [0.717, 1.165) is 50.1 Å². The molecule has 2 N–H and O–H groups in total. The van der Waals surface area contributed by atoms with Gasteiger partial charge in [0.15, 0.2) is 5.82 Å². The van der Waals surface area contributed by atoms with Gasteiger partial charge in [-0.25, -0.2) is 9.97 Å². The quantitative estimate of drug-likeness (QED) is 0.846. The number of nitrogens with zero attached hydrogens (tertiary/aromatic N) is 2. The van der Waals surface area contributed by atoms with Crippen LogP contribution in [0.4, 0.5) is 13.2 Å². The molecule has 140 valence electrons. The number of rotatable bonds is 5. The van der Waals surface area contributed by atoms with Gasteiger partial charge >= 0.3 is 6.18 Å². The zero-order chi connectivity index (χ0) is 18.6. The number of hydrogen-bond acceptors (Lipinski definition) is 4. The molecule has 0 radical (unpaired) electrons. The number of aliphatic hydroxyl groups excluding tert-OH is 1. The Morgan fingerprint density at radius 3 is 2.50 bits per heavy atom. The summed E-state index contributed by atoms with van der Waals surface area (Å²) in [7, 11) is 0. The molecule has 1 aliphatic carbocycles. The van der Waals surface area contributed by atoms with Crippen molar-refractivity contribution in [1.82, 2.24) is 15.3 Å². The summed E-state index contributed by atoms with van der Waals surface area (Å²) in [6, 6.07) is 6.61. The van der Waals surface area contributed by atoms with Crippen LogP contribution < -0.4 is 5.32 Å². The van der Waals surface area contributed by atoms with Crippen molar-refractivity contribution in [2.24, 2.45) is 5.92 Å². The van der Waals surface area contributed by atoms with Gasteiger partial charge in [0.25, 0.3) is 0 Å². The van der Waals surface area contributed by atoms with Gasteiger partial charge in [-0.3, -0.25) is 0 Å². The molecule has 0 saturated heterocycles. The Morgan fingerprint density at radius 2 is 1.81 bits per heavy atom. The van der Waals surface area contributed by atoms with E-state index in [4.69, 9.17) is 0 Å². The lowest BCUT2D eigenvalue weighted by Crippen LogP contribution is -2.33. The number of alkyl halides is 3. The average molecular weight is 365 g/mol. The first-order valence-electron chi connectivity index (χ1n) is 8.82. The molecule has 1 heterocycles. The third-order valence-electron chi connectivity index (χ3n) is 4.77. The molecule has 1 aromatic carbocycles. The number of benzene rings is 1. The number of aromatic nitrogens is 2. The number of hydrogen-bond donors (Lipinski definition) is 2. The summed E-state index contributed by atoms with van der Waals surface area (Å²) in [5.41, 5.74) is 0.618.